The highest BCUT2D eigenvalue weighted by molar-refractivity contribution is 7.20. The lowest BCUT2D eigenvalue weighted by atomic mass is 9.95. The van der Waals surface area contributed by atoms with Gasteiger partial charge in [0.1, 0.15) is 5.82 Å². The van der Waals surface area contributed by atoms with Crippen molar-refractivity contribution in [1.82, 2.24) is 10.6 Å². The number of amides is 1. The van der Waals surface area contributed by atoms with Crippen LogP contribution in [0.3, 0.4) is 0 Å². The van der Waals surface area contributed by atoms with E-state index in [0.29, 0.717) is 10.8 Å². The van der Waals surface area contributed by atoms with E-state index in [4.69, 9.17) is 0 Å². The summed E-state index contributed by atoms with van der Waals surface area (Å²) in [7, 11) is 0. The molecule has 2 aromatic rings. The summed E-state index contributed by atoms with van der Waals surface area (Å²) in [5.74, 6) is 0.145. The Kier molecular flexibility index (Phi) is 3.72. The molecule has 20 heavy (non-hydrogen) atoms. The highest BCUT2D eigenvalue weighted by atomic mass is 32.1. The number of carbonyl (C=O) groups excluding carboxylic acids is 1. The molecule has 1 aromatic heterocycles. The van der Waals surface area contributed by atoms with Crippen LogP contribution >= 0.6 is 11.3 Å². The van der Waals surface area contributed by atoms with Crippen molar-refractivity contribution in [2.75, 3.05) is 13.1 Å². The first-order valence-corrected chi connectivity index (χ1v) is 7.66. The molecule has 1 saturated heterocycles. The molecule has 1 amide bonds. The van der Waals surface area contributed by atoms with E-state index in [-0.39, 0.29) is 17.8 Å². The molecule has 5 heteroatoms. The summed E-state index contributed by atoms with van der Waals surface area (Å²) >= 11 is 1.40. The molecular weight excluding hydrogens is 275 g/mol. The molecule has 3 rings (SSSR count). The Labute approximate surface area is 121 Å². The number of fused-ring (bicyclic) bond motifs is 1. The molecule has 0 bridgehead atoms. The van der Waals surface area contributed by atoms with Gasteiger partial charge in [-0.25, -0.2) is 4.39 Å². The van der Waals surface area contributed by atoms with Crippen molar-refractivity contribution in [3.05, 3.63) is 35.0 Å². The van der Waals surface area contributed by atoms with Gasteiger partial charge in [0.25, 0.3) is 5.91 Å². The van der Waals surface area contributed by atoms with Crippen LogP contribution in [0, 0.1) is 11.7 Å². The largest absolute Gasteiger partial charge is 0.347 e. The number of carbonyl (C=O) groups is 1. The summed E-state index contributed by atoms with van der Waals surface area (Å²) in [5, 5.41) is 7.16. The van der Waals surface area contributed by atoms with Gasteiger partial charge in [0.2, 0.25) is 0 Å². The average Bonchev–Trinajstić information content (AvgIpc) is 2.84. The van der Waals surface area contributed by atoms with E-state index in [1.165, 1.54) is 23.5 Å². The molecular formula is C15H17FN2OS. The van der Waals surface area contributed by atoms with E-state index in [2.05, 4.69) is 17.6 Å². The van der Waals surface area contributed by atoms with Crippen LogP contribution in [-0.2, 0) is 0 Å². The van der Waals surface area contributed by atoms with Crippen molar-refractivity contribution in [1.29, 1.82) is 0 Å². The minimum Gasteiger partial charge on any atom is -0.347 e. The first-order chi connectivity index (χ1) is 9.63. The third-order valence-electron chi connectivity index (χ3n) is 3.85. The number of rotatable bonds is 2. The second-order valence-corrected chi connectivity index (χ2v) is 6.43. The van der Waals surface area contributed by atoms with Crippen molar-refractivity contribution in [3.8, 4) is 0 Å². The molecule has 2 N–H and O–H groups in total. The fraction of sp³-hybridized carbons (Fsp3) is 0.400. The number of benzene rings is 1. The van der Waals surface area contributed by atoms with Gasteiger partial charge in [-0.05, 0) is 48.5 Å². The maximum Gasteiger partial charge on any atom is 0.261 e. The van der Waals surface area contributed by atoms with Crippen LogP contribution in [0.25, 0.3) is 10.1 Å². The van der Waals surface area contributed by atoms with Gasteiger partial charge in [-0.3, -0.25) is 4.79 Å². The highest BCUT2D eigenvalue weighted by Crippen LogP contribution is 2.26. The third-order valence-corrected chi connectivity index (χ3v) is 4.96. The summed E-state index contributed by atoms with van der Waals surface area (Å²) in [4.78, 5) is 12.9. The van der Waals surface area contributed by atoms with Gasteiger partial charge in [-0.1, -0.05) is 6.92 Å². The molecule has 3 nitrogen and oxygen atoms in total. The summed E-state index contributed by atoms with van der Waals surface area (Å²) in [6.07, 6.45) is 1.07. The monoisotopic (exact) mass is 292 g/mol. The maximum absolute atomic E-state index is 13.2. The number of halogens is 1. The lowest BCUT2D eigenvalue weighted by Crippen LogP contribution is -2.50. The molecule has 0 radical (unpaired) electrons. The first kappa shape index (κ1) is 13.5. The van der Waals surface area contributed by atoms with Crippen molar-refractivity contribution < 1.29 is 9.18 Å². The Morgan fingerprint density at radius 3 is 3.10 bits per heavy atom. The third kappa shape index (κ3) is 2.69. The Bertz CT molecular complexity index is 640. The molecule has 1 aliphatic rings. The first-order valence-electron chi connectivity index (χ1n) is 6.84. The molecule has 0 spiro atoms. The minimum absolute atomic E-state index is 0.0628. The standard InChI is InChI=1S/C15H17FN2OS/c1-9-4-5-17-8-12(9)18-15(19)14-7-10-6-11(16)2-3-13(10)20-14/h2-3,6-7,9,12,17H,4-5,8H2,1H3,(H,18,19)/t9-,12-/m1/s1. The van der Waals surface area contributed by atoms with Crippen molar-refractivity contribution in [3.63, 3.8) is 0 Å². The van der Waals surface area contributed by atoms with Crippen LogP contribution in [-0.4, -0.2) is 25.0 Å². The molecule has 0 aliphatic carbocycles. The molecule has 0 unspecified atom stereocenters. The van der Waals surface area contributed by atoms with Crippen molar-refractivity contribution >= 4 is 27.3 Å². The number of piperidine rings is 1. The van der Waals surface area contributed by atoms with Gasteiger partial charge < -0.3 is 10.6 Å². The molecule has 106 valence electrons. The summed E-state index contributed by atoms with van der Waals surface area (Å²) in [6, 6.07) is 6.54. The van der Waals surface area contributed by atoms with Gasteiger partial charge in [0.05, 0.1) is 4.88 Å². The van der Waals surface area contributed by atoms with Crippen LogP contribution in [0.1, 0.15) is 23.0 Å². The summed E-state index contributed by atoms with van der Waals surface area (Å²) < 4.78 is 14.1. The molecule has 1 fully saturated rings. The lowest BCUT2D eigenvalue weighted by Gasteiger charge is -2.30. The predicted molar refractivity (Wildman–Crippen MR) is 79.7 cm³/mol. The van der Waals surface area contributed by atoms with Gasteiger partial charge in [0, 0.05) is 17.3 Å². The molecule has 0 saturated carbocycles. The maximum atomic E-state index is 13.2. The Morgan fingerprint density at radius 2 is 2.30 bits per heavy atom. The highest BCUT2D eigenvalue weighted by Gasteiger charge is 2.23. The SMILES string of the molecule is C[C@@H]1CCNC[C@H]1NC(=O)c1cc2cc(F)ccc2s1. The van der Waals surface area contributed by atoms with E-state index in [1.807, 2.05) is 0 Å². The summed E-state index contributed by atoms with van der Waals surface area (Å²) in [5.41, 5.74) is 0. The van der Waals surface area contributed by atoms with Gasteiger partial charge in [-0.2, -0.15) is 0 Å². The Balaban J connectivity index is 1.78. The molecule has 2 atom stereocenters. The smallest absolute Gasteiger partial charge is 0.261 e. The van der Waals surface area contributed by atoms with Gasteiger partial charge in [0.15, 0.2) is 0 Å². The van der Waals surface area contributed by atoms with Crippen LogP contribution in [0.2, 0.25) is 0 Å². The lowest BCUT2D eigenvalue weighted by molar-refractivity contribution is 0.0919. The van der Waals surface area contributed by atoms with Crippen LogP contribution < -0.4 is 10.6 Å². The molecule has 1 aliphatic heterocycles. The van der Waals surface area contributed by atoms with Gasteiger partial charge in [-0.15, -0.1) is 11.3 Å². The predicted octanol–water partition coefficient (Wildman–Crippen LogP) is 2.77. The number of nitrogens with one attached hydrogen (secondary N) is 2. The molecule has 1 aromatic carbocycles. The van der Waals surface area contributed by atoms with Crippen LogP contribution in [0.5, 0.6) is 0 Å². The zero-order valence-corrected chi connectivity index (χ0v) is 12.1. The summed E-state index contributed by atoms with van der Waals surface area (Å²) in [6.45, 7) is 3.98. The number of hydrogen-bond acceptors (Lipinski definition) is 3. The van der Waals surface area contributed by atoms with Crippen molar-refractivity contribution in [2.45, 2.75) is 19.4 Å². The zero-order chi connectivity index (χ0) is 14.1. The normalized spacial score (nSPS) is 22.9. The fourth-order valence-electron chi connectivity index (χ4n) is 2.55. The van der Waals surface area contributed by atoms with E-state index in [9.17, 15) is 9.18 Å². The number of hydrogen-bond donors (Lipinski definition) is 2. The Morgan fingerprint density at radius 1 is 1.45 bits per heavy atom. The van der Waals surface area contributed by atoms with Crippen molar-refractivity contribution in [2.24, 2.45) is 5.92 Å². The van der Waals surface area contributed by atoms with E-state index < -0.39 is 0 Å². The fourth-order valence-corrected chi connectivity index (χ4v) is 3.49. The second kappa shape index (κ2) is 5.50. The topological polar surface area (TPSA) is 41.1 Å². The quantitative estimate of drug-likeness (QED) is 0.893. The van der Waals surface area contributed by atoms with Gasteiger partial charge >= 0.3 is 0 Å². The Hall–Kier alpha value is -1.46. The molecule has 2 heterocycles. The zero-order valence-electron chi connectivity index (χ0n) is 11.3. The van der Waals surface area contributed by atoms with E-state index in [1.54, 1.807) is 12.1 Å². The van der Waals surface area contributed by atoms with Crippen LogP contribution in [0.4, 0.5) is 4.39 Å². The van der Waals surface area contributed by atoms with Crippen LogP contribution in [0.15, 0.2) is 24.3 Å². The van der Waals surface area contributed by atoms with E-state index in [0.717, 1.165) is 29.6 Å². The number of thiophene rings is 1. The second-order valence-electron chi connectivity index (χ2n) is 5.34. The van der Waals surface area contributed by atoms with E-state index >= 15 is 0 Å². The minimum atomic E-state index is -0.271. The average molecular weight is 292 g/mol.